The van der Waals surface area contributed by atoms with E-state index < -0.39 is 0 Å². The highest BCUT2D eigenvalue weighted by Crippen LogP contribution is 2.23. The molecule has 1 unspecified atom stereocenters. The van der Waals surface area contributed by atoms with Gasteiger partial charge in [0.1, 0.15) is 6.54 Å². The zero-order valence-electron chi connectivity index (χ0n) is 17.1. The Morgan fingerprint density at radius 2 is 1.93 bits per heavy atom. The van der Waals surface area contributed by atoms with Crippen molar-refractivity contribution in [3.63, 3.8) is 0 Å². The lowest BCUT2D eigenvalue weighted by Gasteiger charge is -2.36. The lowest BCUT2D eigenvalue weighted by molar-refractivity contribution is -0.129. The van der Waals surface area contributed by atoms with Gasteiger partial charge in [-0.1, -0.05) is 18.2 Å². The summed E-state index contributed by atoms with van der Waals surface area (Å²) in [5, 5.41) is 6.54. The minimum atomic E-state index is -0.145. The van der Waals surface area contributed by atoms with Crippen molar-refractivity contribution in [2.45, 2.75) is 32.3 Å². The average Bonchev–Trinajstić information content (AvgIpc) is 3.17. The van der Waals surface area contributed by atoms with Crippen molar-refractivity contribution in [1.29, 1.82) is 0 Å². The van der Waals surface area contributed by atoms with Crippen molar-refractivity contribution in [3.8, 4) is 0 Å². The van der Waals surface area contributed by atoms with E-state index in [2.05, 4.69) is 39.6 Å². The molecular weight excluding hydrogens is 354 g/mol. The van der Waals surface area contributed by atoms with E-state index in [9.17, 15) is 4.79 Å². The number of nitrogens with one attached hydrogen (secondary N) is 2. The van der Waals surface area contributed by atoms with Gasteiger partial charge in [0.2, 0.25) is 5.91 Å². The van der Waals surface area contributed by atoms with Crippen LogP contribution in [0.5, 0.6) is 0 Å². The summed E-state index contributed by atoms with van der Waals surface area (Å²) in [5.74, 6) is 0.753. The van der Waals surface area contributed by atoms with Crippen LogP contribution in [0.15, 0.2) is 35.3 Å². The second kappa shape index (κ2) is 9.78. The molecule has 2 aliphatic heterocycles. The summed E-state index contributed by atoms with van der Waals surface area (Å²) < 4.78 is 5.81. The molecule has 7 heteroatoms. The van der Waals surface area contributed by atoms with E-state index in [4.69, 9.17) is 4.74 Å². The minimum Gasteiger partial charge on any atom is -0.373 e. The Morgan fingerprint density at radius 3 is 2.57 bits per heavy atom. The van der Waals surface area contributed by atoms with E-state index in [0.29, 0.717) is 12.5 Å². The van der Waals surface area contributed by atoms with E-state index >= 15 is 0 Å². The predicted molar refractivity (Wildman–Crippen MR) is 113 cm³/mol. The maximum absolute atomic E-state index is 12.6. The van der Waals surface area contributed by atoms with Crippen LogP contribution >= 0.6 is 0 Å². The van der Waals surface area contributed by atoms with Gasteiger partial charge >= 0.3 is 0 Å². The van der Waals surface area contributed by atoms with Gasteiger partial charge in [0, 0.05) is 51.6 Å². The minimum absolute atomic E-state index is 0.0771. The number of aliphatic imine (C=N–C) groups is 1. The fraction of sp³-hybridized carbons (Fsp3) is 0.619. The molecule has 3 rings (SSSR count). The number of rotatable bonds is 6. The van der Waals surface area contributed by atoms with Crippen molar-refractivity contribution in [3.05, 3.63) is 30.3 Å². The highest BCUT2D eigenvalue weighted by Gasteiger charge is 2.29. The van der Waals surface area contributed by atoms with Gasteiger partial charge in [0.25, 0.3) is 0 Å². The fourth-order valence-electron chi connectivity index (χ4n) is 3.69. The quantitative estimate of drug-likeness (QED) is 0.571. The molecule has 2 heterocycles. The maximum Gasteiger partial charge on any atom is 0.244 e. The van der Waals surface area contributed by atoms with Gasteiger partial charge in [-0.25, -0.2) is 4.99 Å². The third-order valence-electron chi connectivity index (χ3n) is 5.40. The Balaban J connectivity index is 1.47. The van der Waals surface area contributed by atoms with E-state index in [1.165, 1.54) is 5.69 Å². The molecule has 28 heavy (non-hydrogen) atoms. The number of hydrogen-bond acceptors (Lipinski definition) is 4. The number of para-hydroxylation sites is 1. The van der Waals surface area contributed by atoms with Gasteiger partial charge in [-0.05, 0) is 38.8 Å². The fourth-order valence-corrected chi connectivity index (χ4v) is 3.69. The lowest BCUT2D eigenvalue weighted by Crippen LogP contribution is -2.50. The Hall–Kier alpha value is -2.28. The van der Waals surface area contributed by atoms with E-state index in [-0.39, 0.29) is 18.1 Å². The third-order valence-corrected chi connectivity index (χ3v) is 5.40. The molecule has 2 saturated heterocycles. The highest BCUT2D eigenvalue weighted by atomic mass is 16.5. The Kier molecular flexibility index (Phi) is 7.14. The zero-order valence-corrected chi connectivity index (χ0v) is 17.1. The van der Waals surface area contributed by atoms with E-state index in [1.54, 1.807) is 0 Å². The molecule has 2 N–H and O–H groups in total. The van der Waals surface area contributed by atoms with Crippen LogP contribution in [0, 0.1) is 0 Å². The number of guanidine groups is 1. The van der Waals surface area contributed by atoms with Crippen LogP contribution in [0.3, 0.4) is 0 Å². The number of nitrogens with zero attached hydrogens (tertiary/aromatic N) is 3. The van der Waals surface area contributed by atoms with Crippen molar-refractivity contribution in [1.82, 2.24) is 15.5 Å². The first-order valence-electron chi connectivity index (χ1n) is 10.3. The van der Waals surface area contributed by atoms with Crippen LogP contribution in [0.4, 0.5) is 5.69 Å². The number of anilines is 1. The first-order chi connectivity index (χ1) is 13.6. The van der Waals surface area contributed by atoms with Gasteiger partial charge in [0.15, 0.2) is 5.96 Å². The van der Waals surface area contributed by atoms with Crippen molar-refractivity contribution in [2.24, 2.45) is 4.99 Å². The molecule has 0 aliphatic carbocycles. The molecule has 1 amide bonds. The zero-order chi connectivity index (χ0) is 19.8. The van der Waals surface area contributed by atoms with Crippen LogP contribution in [0.25, 0.3) is 0 Å². The summed E-state index contributed by atoms with van der Waals surface area (Å²) in [6.45, 7) is 9.76. The lowest BCUT2D eigenvalue weighted by atomic mass is 10.0. The normalized spacial score (nSPS) is 23.0. The van der Waals surface area contributed by atoms with Crippen LogP contribution in [0.2, 0.25) is 0 Å². The van der Waals surface area contributed by atoms with Gasteiger partial charge in [0.05, 0.1) is 5.60 Å². The summed E-state index contributed by atoms with van der Waals surface area (Å²) in [4.78, 5) is 21.3. The monoisotopic (exact) mass is 387 g/mol. The second-order valence-corrected chi connectivity index (χ2v) is 7.65. The first-order valence-corrected chi connectivity index (χ1v) is 10.3. The molecule has 154 valence electrons. The molecular formula is C21H33N5O2. The number of carbonyl (C=O) groups is 1. The smallest absolute Gasteiger partial charge is 0.244 e. The molecule has 1 atom stereocenters. The predicted octanol–water partition coefficient (Wildman–Crippen LogP) is 1.46. The van der Waals surface area contributed by atoms with Crippen molar-refractivity contribution >= 4 is 17.6 Å². The van der Waals surface area contributed by atoms with Crippen LogP contribution in [-0.2, 0) is 9.53 Å². The Labute approximate surface area is 168 Å². The molecule has 0 aromatic heterocycles. The van der Waals surface area contributed by atoms with Gasteiger partial charge in [-0.15, -0.1) is 0 Å². The number of benzene rings is 1. The molecule has 1 aromatic rings. The third kappa shape index (κ3) is 5.61. The summed E-state index contributed by atoms with van der Waals surface area (Å²) in [6.07, 6.45) is 2.14. The largest absolute Gasteiger partial charge is 0.373 e. The number of carbonyl (C=O) groups excluding carboxylic acids is 1. The van der Waals surface area contributed by atoms with Crippen LogP contribution in [-0.4, -0.2) is 74.8 Å². The van der Waals surface area contributed by atoms with E-state index in [1.807, 2.05) is 30.0 Å². The molecule has 0 radical (unpaired) electrons. The Morgan fingerprint density at radius 1 is 1.18 bits per heavy atom. The average molecular weight is 388 g/mol. The number of hydrogen-bond donors (Lipinski definition) is 2. The number of piperazine rings is 1. The molecule has 7 nitrogen and oxygen atoms in total. The van der Waals surface area contributed by atoms with Gasteiger partial charge < -0.3 is 25.2 Å². The SMILES string of the molecule is CCNC(=NCC(=O)N1CCN(c2ccccc2)CC1)NCC1(C)CCCO1. The van der Waals surface area contributed by atoms with Crippen LogP contribution < -0.4 is 15.5 Å². The molecule has 0 bridgehead atoms. The second-order valence-electron chi connectivity index (χ2n) is 7.65. The standard InChI is InChI=1S/C21H33N5O2/c1-3-22-20(24-17-21(2)10-7-15-28-21)23-16-19(27)26-13-11-25(12-14-26)18-8-5-4-6-9-18/h4-6,8-9H,3,7,10-17H2,1-2H3,(H2,22,23,24). The summed E-state index contributed by atoms with van der Waals surface area (Å²) in [6, 6.07) is 10.4. The summed E-state index contributed by atoms with van der Waals surface area (Å²) in [7, 11) is 0. The molecule has 0 spiro atoms. The first kappa shape index (κ1) is 20.5. The molecule has 2 aliphatic rings. The summed E-state index contributed by atoms with van der Waals surface area (Å²) in [5.41, 5.74) is 1.07. The number of ether oxygens (including phenoxy) is 1. The summed E-state index contributed by atoms with van der Waals surface area (Å²) >= 11 is 0. The molecule has 0 saturated carbocycles. The van der Waals surface area contributed by atoms with Crippen LogP contribution in [0.1, 0.15) is 26.7 Å². The molecule has 1 aromatic carbocycles. The molecule has 2 fully saturated rings. The van der Waals surface area contributed by atoms with Crippen molar-refractivity contribution in [2.75, 3.05) is 57.3 Å². The van der Waals surface area contributed by atoms with E-state index in [0.717, 1.165) is 52.2 Å². The van der Waals surface area contributed by atoms with Gasteiger partial charge in [-0.2, -0.15) is 0 Å². The highest BCUT2D eigenvalue weighted by molar-refractivity contribution is 5.85. The maximum atomic E-state index is 12.6. The topological polar surface area (TPSA) is 69.2 Å². The van der Waals surface area contributed by atoms with Crippen molar-refractivity contribution < 1.29 is 9.53 Å². The number of amides is 1. The van der Waals surface area contributed by atoms with Gasteiger partial charge in [-0.3, -0.25) is 4.79 Å². The Bertz CT molecular complexity index is 650.